The zero-order valence-electron chi connectivity index (χ0n) is 17.0. The molecule has 0 spiro atoms. The third-order valence-corrected chi connectivity index (χ3v) is 5.87. The average molecular weight is 399 g/mol. The summed E-state index contributed by atoms with van der Waals surface area (Å²) in [4.78, 5) is 27.0. The number of carbonyl (C=O) groups is 2. The third-order valence-electron chi connectivity index (χ3n) is 5.87. The molecular weight excluding hydrogens is 370 g/mol. The number of hydrogen-bond acceptors (Lipinski definition) is 5. The first-order valence-corrected chi connectivity index (χ1v) is 10.6. The van der Waals surface area contributed by atoms with Gasteiger partial charge in [0.2, 0.25) is 5.91 Å². The van der Waals surface area contributed by atoms with Crippen molar-refractivity contribution in [1.29, 1.82) is 0 Å². The largest absolute Gasteiger partial charge is 0.348 e. The molecule has 1 N–H and O–H groups in total. The van der Waals surface area contributed by atoms with E-state index in [1.165, 1.54) is 12.8 Å². The standard InChI is InChI=1S/C20H29N7O2/c1-15-11-21-25(12-15)10-8-19(28)27-9-4-7-17(27)13-26-14-18(23-24-26)20(29)22-16-5-2-3-6-16/h11-12,14,16-17H,2-10,13H2,1H3,(H,22,29)/t17-/m0/s1. The van der Waals surface area contributed by atoms with Crippen molar-refractivity contribution < 1.29 is 9.59 Å². The maximum atomic E-state index is 12.7. The van der Waals surface area contributed by atoms with Crippen molar-refractivity contribution >= 4 is 11.8 Å². The van der Waals surface area contributed by atoms with E-state index >= 15 is 0 Å². The van der Waals surface area contributed by atoms with Crippen molar-refractivity contribution in [2.24, 2.45) is 0 Å². The van der Waals surface area contributed by atoms with Crippen molar-refractivity contribution in [2.45, 2.75) is 77.0 Å². The van der Waals surface area contributed by atoms with Gasteiger partial charge in [-0.2, -0.15) is 5.10 Å². The summed E-state index contributed by atoms with van der Waals surface area (Å²) < 4.78 is 3.50. The smallest absolute Gasteiger partial charge is 0.273 e. The molecule has 156 valence electrons. The molecule has 9 nitrogen and oxygen atoms in total. The topological polar surface area (TPSA) is 97.9 Å². The summed E-state index contributed by atoms with van der Waals surface area (Å²) in [6.07, 6.45) is 12.2. The maximum Gasteiger partial charge on any atom is 0.273 e. The quantitative estimate of drug-likeness (QED) is 0.762. The van der Waals surface area contributed by atoms with Gasteiger partial charge in [0.1, 0.15) is 0 Å². The highest BCUT2D eigenvalue weighted by molar-refractivity contribution is 5.92. The number of amides is 2. The van der Waals surface area contributed by atoms with Gasteiger partial charge in [0.25, 0.3) is 5.91 Å². The van der Waals surface area contributed by atoms with Gasteiger partial charge in [0.05, 0.1) is 25.0 Å². The van der Waals surface area contributed by atoms with Crippen molar-refractivity contribution in [1.82, 2.24) is 35.0 Å². The lowest BCUT2D eigenvalue weighted by atomic mass is 10.2. The van der Waals surface area contributed by atoms with Crippen LogP contribution in [0.1, 0.15) is 61.0 Å². The van der Waals surface area contributed by atoms with Crippen LogP contribution in [0.25, 0.3) is 0 Å². The second-order valence-corrected chi connectivity index (χ2v) is 8.19. The van der Waals surface area contributed by atoms with Crippen molar-refractivity contribution in [3.8, 4) is 0 Å². The predicted octanol–water partition coefficient (Wildman–Crippen LogP) is 1.54. The molecule has 1 aliphatic heterocycles. The molecular formula is C20H29N7O2. The molecule has 29 heavy (non-hydrogen) atoms. The fraction of sp³-hybridized carbons (Fsp3) is 0.650. The molecule has 1 saturated heterocycles. The van der Waals surface area contributed by atoms with Crippen LogP contribution < -0.4 is 5.32 Å². The minimum atomic E-state index is -0.156. The van der Waals surface area contributed by atoms with Crippen molar-refractivity contribution in [3.63, 3.8) is 0 Å². The second-order valence-electron chi connectivity index (χ2n) is 8.19. The third kappa shape index (κ3) is 4.83. The van der Waals surface area contributed by atoms with E-state index in [1.807, 2.05) is 22.7 Å². The fourth-order valence-electron chi connectivity index (χ4n) is 4.33. The summed E-state index contributed by atoms with van der Waals surface area (Å²) in [5, 5.41) is 15.4. The summed E-state index contributed by atoms with van der Waals surface area (Å²) in [7, 11) is 0. The molecule has 0 radical (unpaired) electrons. The SMILES string of the molecule is Cc1cnn(CCC(=O)N2CCC[C@H]2Cn2cc(C(=O)NC3CCCC3)nn2)c1. The lowest BCUT2D eigenvalue weighted by Crippen LogP contribution is -2.38. The lowest BCUT2D eigenvalue weighted by Gasteiger charge is -2.24. The Morgan fingerprint density at radius 1 is 1.14 bits per heavy atom. The van der Waals surface area contributed by atoms with Crippen molar-refractivity contribution in [3.05, 3.63) is 29.8 Å². The van der Waals surface area contributed by atoms with E-state index < -0.39 is 0 Å². The number of aryl methyl sites for hydroxylation is 2. The molecule has 0 unspecified atom stereocenters. The monoisotopic (exact) mass is 399 g/mol. The number of rotatable bonds is 7. The van der Waals surface area contributed by atoms with Crippen LogP contribution in [0, 0.1) is 6.92 Å². The number of likely N-dealkylation sites (tertiary alicyclic amines) is 1. The van der Waals surface area contributed by atoms with Gasteiger partial charge < -0.3 is 10.2 Å². The molecule has 0 aromatic carbocycles. The van der Waals surface area contributed by atoms with Crippen LogP contribution >= 0.6 is 0 Å². The number of aromatic nitrogens is 5. The first-order valence-electron chi connectivity index (χ1n) is 10.6. The van der Waals surface area contributed by atoms with E-state index in [-0.39, 0.29) is 23.9 Å². The summed E-state index contributed by atoms with van der Waals surface area (Å²) in [6, 6.07) is 0.350. The zero-order valence-corrected chi connectivity index (χ0v) is 17.0. The molecule has 2 amide bonds. The fourth-order valence-corrected chi connectivity index (χ4v) is 4.33. The number of carbonyl (C=O) groups excluding carboxylic acids is 2. The maximum absolute atomic E-state index is 12.7. The summed E-state index contributed by atoms with van der Waals surface area (Å²) in [6.45, 7) is 3.91. The highest BCUT2D eigenvalue weighted by Crippen LogP contribution is 2.20. The Hall–Kier alpha value is -2.71. The van der Waals surface area contributed by atoms with E-state index in [1.54, 1.807) is 17.1 Å². The van der Waals surface area contributed by atoms with E-state index in [2.05, 4.69) is 20.7 Å². The van der Waals surface area contributed by atoms with Gasteiger partial charge in [-0.15, -0.1) is 5.10 Å². The van der Waals surface area contributed by atoms with Gasteiger partial charge >= 0.3 is 0 Å². The minimum absolute atomic E-state index is 0.0919. The number of nitrogens with zero attached hydrogens (tertiary/aromatic N) is 6. The van der Waals surface area contributed by atoms with Crippen molar-refractivity contribution in [2.75, 3.05) is 6.54 Å². The van der Waals surface area contributed by atoms with Gasteiger partial charge in [-0.3, -0.25) is 14.3 Å². The van der Waals surface area contributed by atoms with E-state index in [9.17, 15) is 9.59 Å². The first kappa shape index (κ1) is 19.6. The second kappa shape index (κ2) is 8.75. The Labute approximate surface area is 170 Å². The predicted molar refractivity (Wildman–Crippen MR) is 106 cm³/mol. The van der Waals surface area contributed by atoms with Crippen LogP contribution in [0.4, 0.5) is 0 Å². The van der Waals surface area contributed by atoms with Gasteiger partial charge in [-0.05, 0) is 38.2 Å². The highest BCUT2D eigenvalue weighted by atomic mass is 16.2. The van der Waals surface area contributed by atoms with Crippen LogP contribution in [0.5, 0.6) is 0 Å². The Bertz CT molecular complexity index is 853. The van der Waals surface area contributed by atoms with E-state index in [4.69, 9.17) is 0 Å². The van der Waals surface area contributed by atoms with Gasteiger partial charge in [0.15, 0.2) is 5.69 Å². The highest BCUT2D eigenvalue weighted by Gasteiger charge is 2.29. The molecule has 1 aliphatic carbocycles. The Morgan fingerprint density at radius 3 is 2.72 bits per heavy atom. The molecule has 9 heteroatoms. The normalized spacial score (nSPS) is 19.8. The molecule has 2 fully saturated rings. The van der Waals surface area contributed by atoms with Gasteiger partial charge in [-0.1, -0.05) is 18.1 Å². The summed E-state index contributed by atoms with van der Waals surface area (Å²) in [5.74, 6) is -0.0167. The van der Waals surface area contributed by atoms with Crippen LogP contribution in [0.3, 0.4) is 0 Å². The zero-order chi connectivity index (χ0) is 20.2. The van der Waals surface area contributed by atoms with Crippen LogP contribution in [-0.4, -0.2) is 60.1 Å². The summed E-state index contributed by atoms with van der Waals surface area (Å²) >= 11 is 0. The molecule has 2 aromatic heterocycles. The average Bonchev–Trinajstić information content (AvgIpc) is 3.48. The summed E-state index contributed by atoms with van der Waals surface area (Å²) in [5.41, 5.74) is 1.44. The first-order chi connectivity index (χ1) is 14.1. The number of nitrogens with one attached hydrogen (secondary N) is 1. The molecule has 2 aromatic rings. The molecule has 3 heterocycles. The Kier molecular flexibility index (Phi) is 5.92. The van der Waals surface area contributed by atoms with E-state index in [0.717, 1.165) is 37.8 Å². The minimum Gasteiger partial charge on any atom is -0.348 e. The van der Waals surface area contributed by atoms with Gasteiger partial charge in [-0.25, -0.2) is 4.68 Å². The van der Waals surface area contributed by atoms with E-state index in [0.29, 0.717) is 25.2 Å². The van der Waals surface area contributed by atoms with Gasteiger partial charge in [0, 0.05) is 31.7 Å². The van der Waals surface area contributed by atoms with Crippen LogP contribution in [0.2, 0.25) is 0 Å². The molecule has 2 aliphatic rings. The molecule has 1 atom stereocenters. The van der Waals surface area contributed by atoms with Crippen LogP contribution in [0.15, 0.2) is 18.6 Å². The lowest BCUT2D eigenvalue weighted by molar-refractivity contribution is -0.132. The van der Waals surface area contributed by atoms with Crippen LogP contribution in [-0.2, 0) is 17.9 Å². The molecule has 4 rings (SSSR count). The Morgan fingerprint density at radius 2 is 1.97 bits per heavy atom. The molecule has 1 saturated carbocycles. The Balaban J connectivity index is 1.30. The molecule has 0 bridgehead atoms. The number of hydrogen-bond donors (Lipinski definition) is 1.